The van der Waals surface area contributed by atoms with Crippen molar-refractivity contribution in [2.45, 2.75) is 59.3 Å². The van der Waals surface area contributed by atoms with Crippen LogP contribution < -0.4 is 0 Å². The van der Waals surface area contributed by atoms with Crippen LogP contribution in [0.2, 0.25) is 0 Å². The zero-order chi connectivity index (χ0) is 22.8. The summed E-state index contributed by atoms with van der Waals surface area (Å²) in [6.45, 7) is 5.13. The van der Waals surface area contributed by atoms with Gasteiger partial charge >= 0.3 is 5.97 Å². The number of hydrogen-bond acceptors (Lipinski definition) is 6. The molecule has 1 heterocycles. The molecule has 0 unspecified atom stereocenters. The minimum Gasteiger partial charge on any atom is -0.492 e. The normalized spacial score (nSPS) is 14.9. The Balaban J connectivity index is 2.04. The average Bonchev–Trinajstić information content (AvgIpc) is 2.77. The van der Waals surface area contributed by atoms with Crippen molar-refractivity contribution in [3.63, 3.8) is 0 Å². The van der Waals surface area contributed by atoms with Gasteiger partial charge in [-0.15, -0.1) is 0 Å². The minimum absolute atomic E-state index is 0.0611. The number of carbonyl (C=O) groups excluding carboxylic acids is 3. The number of carbonyl (C=O) groups is 3. The molecule has 0 radical (unpaired) electrons. The molecule has 0 fully saturated rings. The predicted molar refractivity (Wildman–Crippen MR) is 118 cm³/mol. The third-order valence-corrected chi connectivity index (χ3v) is 5.32. The number of methoxy groups -OCH3 is 1. The van der Waals surface area contributed by atoms with Gasteiger partial charge in [0.2, 0.25) is 5.78 Å². The Kier molecular flexibility index (Phi) is 9.38. The number of Topliss-reactive ketones (excluding diaryl/α,β-unsaturated/α-hetero) is 2. The number of ketones is 2. The molecule has 0 saturated heterocycles. The van der Waals surface area contributed by atoms with Crippen molar-refractivity contribution in [3.8, 4) is 0 Å². The minimum atomic E-state index is -0.447. The zero-order valence-corrected chi connectivity index (χ0v) is 18.8. The summed E-state index contributed by atoms with van der Waals surface area (Å²) in [5.41, 5.74) is 2.41. The highest BCUT2D eigenvalue weighted by atomic mass is 16.5. The molecule has 0 bridgehead atoms. The first-order chi connectivity index (χ1) is 14.9. The van der Waals surface area contributed by atoms with Gasteiger partial charge in [0.05, 0.1) is 13.7 Å². The van der Waals surface area contributed by atoms with Crippen molar-refractivity contribution in [3.05, 3.63) is 64.2 Å². The van der Waals surface area contributed by atoms with E-state index in [9.17, 15) is 14.4 Å². The van der Waals surface area contributed by atoms with E-state index in [4.69, 9.17) is 9.47 Å². The van der Waals surface area contributed by atoms with Crippen LogP contribution in [0.3, 0.4) is 0 Å². The smallest absolute Gasteiger partial charge is 0.334 e. The van der Waals surface area contributed by atoms with Crippen LogP contribution in [0, 0.1) is 0 Å². The number of hydrogen-bond donors (Lipinski definition) is 0. The van der Waals surface area contributed by atoms with Crippen LogP contribution in [0.5, 0.6) is 0 Å². The SMILES string of the molecule is CCOC(=O)/C(=C/C1=C(C)C(=O)C(OC)=C(C)C1=O)CCCCCCc1cccnc1. The van der Waals surface area contributed by atoms with Gasteiger partial charge in [-0.25, -0.2) is 4.79 Å². The van der Waals surface area contributed by atoms with Crippen molar-refractivity contribution in [2.24, 2.45) is 0 Å². The Hall–Kier alpha value is -3.02. The number of aryl methyl sites for hydroxylation is 1. The molecule has 0 N–H and O–H groups in total. The van der Waals surface area contributed by atoms with Gasteiger partial charge in [-0.05, 0) is 64.2 Å². The van der Waals surface area contributed by atoms with E-state index in [1.54, 1.807) is 27.0 Å². The summed E-state index contributed by atoms with van der Waals surface area (Å²) in [6, 6.07) is 4.00. The molecule has 0 aromatic carbocycles. The van der Waals surface area contributed by atoms with Gasteiger partial charge < -0.3 is 9.47 Å². The second-order valence-electron chi connectivity index (χ2n) is 7.52. The fourth-order valence-corrected chi connectivity index (χ4v) is 3.53. The van der Waals surface area contributed by atoms with E-state index in [1.807, 2.05) is 12.3 Å². The van der Waals surface area contributed by atoms with Crippen molar-refractivity contribution in [1.29, 1.82) is 0 Å². The first kappa shape index (κ1) is 24.3. The van der Waals surface area contributed by atoms with E-state index in [0.717, 1.165) is 32.1 Å². The van der Waals surface area contributed by atoms with Gasteiger partial charge in [0.25, 0.3) is 0 Å². The Labute approximate surface area is 184 Å². The lowest BCUT2D eigenvalue weighted by molar-refractivity contribution is -0.138. The molecular weight excluding hydrogens is 394 g/mol. The summed E-state index contributed by atoms with van der Waals surface area (Å²) in [4.78, 5) is 41.9. The van der Waals surface area contributed by atoms with Gasteiger partial charge in [-0.2, -0.15) is 0 Å². The van der Waals surface area contributed by atoms with Crippen molar-refractivity contribution in [2.75, 3.05) is 13.7 Å². The van der Waals surface area contributed by atoms with Gasteiger partial charge in [0.15, 0.2) is 11.5 Å². The molecule has 6 nitrogen and oxygen atoms in total. The first-order valence-electron chi connectivity index (χ1n) is 10.7. The molecule has 1 aromatic heterocycles. The molecule has 0 aliphatic heterocycles. The van der Waals surface area contributed by atoms with Gasteiger partial charge in [-0.3, -0.25) is 14.6 Å². The van der Waals surface area contributed by atoms with Gasteiger partial charge in [0.1, 0.15) is 0 Å². The molecule has 31 heavy (non-hydrogen) atoms. The number of nitrogens with zero attached hydrogens (tertiary/aromatic N) is 1. The fourth-order valence-electron chi connectivity index (χ4n) is 3.53. The molecule has 0 saturated carbocycles. The second-order valence-corrected chi connectivity index (χ2v) is 7.52. The quantitative estimate of drug-likeness (QED) is 0.225. The van der Waals surface area contributed by atoms with Crippen LogP contribution in [0.25, 0.3) is 0 Å². The monoisotopic (exact) mass is 425 g/mol. The Bertz CT molecular complexity index is 909. The maximum atomic E-state index is 12.8. The van der Waals surface area contributed by atoms with Crippen LogP contribution in [-0.2, 0) is 30.3 Å². The van der Waals surface area contributed by atoms with Crippen LogP contribution in [0.15, 0.2) is 58.7 Å². The summed E-state index contributed by atoms with van der Waals surface area (Å²) in [7, 11) is 1.37. The lowest BCUT2D eigenvalue weighted by Gasteiger charge is -2.18. The number of esters is 1. The van der Waals surface area contributed by atoms with Gasteiger partial charge in [-0.1, -0.05) is 18.9 Å². The van der Waals surface area contributed by atoms with Crippen molar-refractivity contribution >= 4 is 17.5 Å². The third kappa shape index (κ3) is 6.48. The van der Waals surface area contributed by atoms with Crippen molar-refractivity contribution in [1.82, 2.24) is 4.98 Å². The second kappa shape index (κ2) is 12.0. The summed E-state index contributed by atoms with van der Waals surface area (Å²) >= 11 is 0. The number of pyridine rings is 1. The molecule has 2 rings (SSSR count). The number of ether oxygens (including phenoxy) is 2. The highest BCUT2D eigenvalue weighted by Gasteiger charge is 2.30. The molecule has 0 amide bonds. The van der Waals surface area contributed by atoms with E-state index in [0.29, 0.717) is 12.0 Å². The highest BCUT2D eigenvalue weighted by Crippen LogP contribution is 2.27. The first-order valence-corrected chi connectivity index (χ1v) is 10.7. The van der Waals surface area contributed by atoms with Crippen LogP contribution >= 0.6 is 0 Å². The third-order valence-electron chi connectivity index (χ3n) is 5.32. The van der Waals surface area contributed by atoms with Crippen LogP contribution in [-0.4, -0.2) is 36.2 Å². The zero-order valence-electron chi connectivity index (χ0n) is 18.8. The number of rotatable bonds is 11. The molecule has 1 aliphatic rings. The fraction of sp³-hybridized carbons (Fsp3) is 0.440. The average molecular weight is 426 g/mol. The van der Waals surface area contributed by atoms with Gasteiger partial charge in [0, 0.05) is 34.7 Å². The molecule has 0 atom stereocenters. The number of unbranched alkanes of at least 4 members (excludes halogenated alkanes) is 3. The molecule has 166 valence electrons. The standard InChI is InChI=1S/C25H31NO5/c1-5-31-25(29)20(13-9-7-6-8-11-19-12-10-14-26-16-19)15-21-17(2)23(28)24(30-4)18(3)22(21)27/h10,12,14-16H,5-9,11,13H2,1-4H3/b20-15+. The molecule has 1 aromatic rings. The van der Waals surface area contributed by atoms with E-state index in [2.05, 4.69) is 11.1 Å². The van der Waals surface area contributed by atoms with E-state index >= 15 is 0 Å². The van der Waals surface area contributed by atoms with E-state index in [1.165, 1.54) is 18.7 Å². The summed E-state index contributed by atoms with van der Waals surface area (Å²) < 4.78 is 10.3. The summed E-state index contributed by atoms with van der Waals surface area (Å²) in [5, 5.41) is 0. The number of aromatic nitrogens is 1. The lowest BCUT2D eigenvalue weighted by atomic mass is 9.88. The molecule has 0 spiro atoms. The largest absolute Gasteiger partial charge is 0.492 e. The maximum Gasteiger partial charge on any atom is 0.334 e. The Morgan fingerprint density at radius 3 is 2.45 bits per heavy atom. The topological polar surface area (TPSA) is 82.6 Å². The Morgan fingerprint density at radius 1 is 1.06 bits per heavy atom. The number of allylic oxidation sites excluding steroid dienone is 4. The summed E-state index contributed by atoms with van der Waals surface area (Å²) in [5.74, 6) is -1.01. The predicted octanol–water partition coefficient (Wildman–Crippen LogP) is 4.45. The molecule has 1 aliphatic carbocycles. The van der Waals surface area contributed by atoms with Crippen LogP contribution in [0.1, 0.15) is 58.4 Å². The van der Waals surface area contributed by atoms with E-state index < -0.39 is 5.97 Å². The van der Waals surface area contributed by atoms with Crippen molar-refractivity contribution < 1.29 is 23.9 Å². The molecule has 6 heteroatoms. The molecular formula is C25H31NO5. The van der Waals surface area contributed by atoms with E-state index in [-0.39, 0.29) is 40.7 Å². The Morgan fingerprint density at radius 2 is 1.81 bits per heavy atom. The maximum absolute atomic E-state index is 12.8. The van der Waals surface area contributed by atoms with Crippen LogP contribution in [0.4, 0.5) is 0 Å². The highest BCUT2D eigenvalue weighted by molar-refractivity contribution is 6.25. The lowest BCUT2D eigenvalue weighted by Crippen LogP contribution is -2.22. The summed E-state index contributed by atoms with van der Waals surface area (Å²) in [6.07, 6.45) is 10.5.